The summed E-state index contributed by atoms with van der Waals surface area (Å²) in [7, 11) is 0. The molecule has 0 aliphatic carbocycles. The molecule has 1 rings (SSSR count). The van der Waals surface area contributed by atoms with Gasteiger partial charge >= 0.3 is 0 Å². The van der Waals surface area contributed by atoms with Gasteiger partial charge in [0.25, 0.3) is 0 Å². The summed E-state index contributed by atoms with van der Waals surface area (Å²) < 4.78 is 0. The summed E-state index contributed by atoms with van der Waals surface area (Å²) in [4.78, 5) is 0. The van der Waals surface area contributed by atoms with Crippen molar-refractivity contribution in [1.29, 1.82) is 0 Å². The molecule has 0 fully saturated rings. The first-order chi connectivity index (χ1) is 7.15. The fourth-order valence-electron chi connectivity index (χ4n) is 1.76. The third-order valence-electron chi connectivity index (χ3n) is 2.90. The second-order valence-electron chi connectivity index (χ2n) is 4.61. The quantitative estimate of drug-likeness (QED) is 0.771. The Kier molecular flexibility index (Phi) is 4.83. The van der Waals surface area contributed by atoms with Gasteiger partial charge in [-0.25, -0.2) is 0 Å². The molecule has 0 aromatic heterocycles. The van der Waals surface area contributed by atoms with Crippen molar-refractivity contribution in [1.82, 2.24) is 5.32 Å². The van der Waals surface area contributed by atoms with E-state index in [0.717, 1.165) is 0 Å². The highest BCUT2D eigenvalue weighted by Crippen LogP contribution is 2.22. The monoisotopic (exact) mass is 205 g/mol. The summed E-state index contributed by atoms with van der Waals surface area (Å²) in [6, 6.07) is 11.8. The van der Waals surface area contributed by atoms with Gasteiger partial charge in [-0.05, 0) is 24.8 Å². The zero-order valence-corrected chi connectivity index (χ0v) is 10.3. The Morgan fingerprint density at radius 1 is 1.07 bits per heavy atom. The van der Waals surface area contributed by atoms with Gasteiger partial charge in [0, 0.05) is 12.1 Å². The minimum absolute atomic E-state index is 0.473. The Labute approximate surface area is 93.9 Å². The maximum atomic E-state index is 3.68. The van der Waals surface area contributed by atoms with Gasteiger partial charge in [0.15, 0.2) is 0 Å². The molecular weight excluding hydrogens is 182 g/mol. The minimum Gasteiger partial charge on any atom is -0.307 e. The van der Waals surface area contributed by atoms with Crippen LogP contribution in [0.5, 0.6) is 0 Å². The molecule has 1 heteroatoms. The summed E-state index contributed by atoms with van der Waals surface area (Å²) in [6.45, 7) is 9.01. The molecule has 1 nitrogen and oxygen atoms in total. The molecule has 15 heavy (non-hydrogen) atoms. The average Bonchev–Trinajstić information content (AvgIpc) is 2.26. The van der Waals surface area contributed by atoms with E-state index < -0.39 is 0 Å². The highest BCUT2D eigenvalue weighted by molar-refractivity contribution is 5.19. The van der Waals surface area contributed by atoms with Crippen molar-refractivity contribution in [2.75, 3.05) is 0 Å². The number of hydrogen-bond acceptors (Lipinski definition) is 1. The molecule has 1 N–H and O–H groups in total. The number of hydrogen-bond donors (Lipinski definition) is 1. The molecule has 1 aromatic carbocycles. The molecule has 0 saturated heterocycles. The van der Waals surface area contributed by atoms with Gasteiger partial charge in [-0.3, -0.25) is 0 Å². The van der Waals surface area contributed by atoms with Crippen LogP contribution in [-0.4, -0.2) is 6.04 Å². The van der Waals surface area contributed by atoms with Crippen LogP contribution in [0.15, 0.2) is 30.3 Å². The summed E-state index contributed by atoms with van der Waals surface area (Å²) in [5.41, 5.74) is 1.40. The lowest BCUT2D eigenvalue weighted by molar-refractivity contribution is 0.365. The van der Waals surface area contributed by atoms with E-state index in [-0.39, 0.29) is 0 Å². The molecule has 0 amide bonds. The standard InChI is InChI=1S/C14H23N/c1-5-12(4)15-14(11(2)3)13-9-7-6-8-10-13/h6-12,14-15H,5H2,1-4H3/t12-,14+/m1/s1. The van der Waals surface area contributed by atoms with Crippen molar-refractivity contribution in [2.45, 2.75) is 46.2 Å². The van der Waals surface area contributed by atoms with Crippen LogP contribution in [0.1, 0.15) is 45.7 Å². The maximum Gasteiger partial charge on any atom is 0.0345 e. The van der Waals surface area contributed by atoms with E-state index in [2.05, 4.69) is 63.3 Å². The van der Waals surface area contributed by atoms with Gasteiger partial charge in [0.2, 0.25) is 0 Å². The van der Waals surface area contributed by atoms with Gasteiger partial charge in [0.1, 0.15) is 0 Å². The van der Waals surface area contributed by atoms with E-state index in [9.17, 15) is 0 Å². The molecule has 0 bridgehead atoms. The predicted octanol–water partition coefficient (Wildman–Crippen LogP) is 3.77. The van der Waals surface area contributed by atoms with Crippen LogP contribution in [0.3, 0.4) is 0 Å². The minimum atomic E-state index is 0.473. The SMILES string of the molecule is CC[C@@H](C)N[C@H](c1ccccc1)C(C)C. The zero-order chi connectivity index (χ0) is 11.3. The van der Waals surface area contributed by atoms with Crippen molar-refractivity contribution in [3.63, 3.8) is 0 Å². The first-order valence-corrected chi connectivity index (χ1v) is 5.96. The maximum absolute atomic E-state index is 3.68. The molecule has 0 aliphatic rings. The lowest BCUT2D eigenvalue weighted by atomic mass is 9.95. The van der Waals surface area contributed by atoms with Crippen LogP contribution >= 0.6 is 0 Å². The molecule has 0 saturated carbocycles. The van der Waals surface area contributed by atoms with E-state index in [0.29, 0.717) is 18.0 Å². The third-order valence-corrected chi connectivity index (χ3v) is 2.90. The van der Waals surface area contributed by atoms with E-state index in [1.807, 2.05) is 0 Å². The van der Waals surface area contributed by atoms with Crippen molar-refractivity contribution >= 4 is 0 Å². The van der Waals surface area contributed by atoms with E-state index in [4.69, 9.17) is 0 Å². The Bertz CT molecular complexity index is 266. The smallest absolute Gasteiger partial charge is 0.0345 e. The summed E-state index contributed by atoms with van der Waals surface area (Å²) in [5, 5.41) is 3.68. The van der Waals surface area contributed by atoms with Gasteiger partial charge in [0.05, 0.1) is 0 Å². The van der Waals surface area contributed by atoms with Gasteiger partial charge < -0.3 is 5.32 Å². The lowest BCUT2D eigenvalue weighted by Crippen LogP contribution is -2.32. The summed E-state index contributed by atoms with van der Waals surface area (Å²) in [6.07, 6.45) is 1.18. The topological polar surface area (TPSA) is 12.0 Å². The predicted molar refractivity (Wildman–Crippen MR) is 66.9 cm³/mol. The normalized spacial score (nSPS) is 15.3. The first kappa shape index (κ1) is 12.3. The van der Waals surface area contributed by atoms with Crippen molar-refractivity contribution in [3.8, 4) is 0 Å². The molecule has 0 radical (unpaired) electrons. The van der Waals surface area contributed by atoms with Gasteiger partial charge in [-0.15, -0.1) is 0 Å². The molecule has 2 atom stereocenters. The molecule has 0 spiro atoms. The van der Waals surface area contributed by atoms with E-state index in [1.165, 1.54) is 12.0 Å². The van der Waals surface area contributed by atoms with Crippen LogP contribution < -0.4 is 5.32 Å². The highest BCUT2D eigenvalue weighted by Gasteiger charge is 2.16. The zero-order valence-electron chi connectivity index (χ0n) is 10.3. The van der Waals surface area contributed by atoms with E-state index in [1.54, 1.807) is 0 Å². The molecular formula is C14H23N. The second kappa shape index (κ2) is 5.92. The fraction of sp³-hybridized carbons (Fsp3) is 0.571. The van der Waals surface area contributed by atoms with Crippen LogP contribution in [0, 0.1) is 5.92 Å². The largest absolute Gasteiger partial charge is 0.307 e. The van der Waals surface area contributed by atoms with E-state index >= 15 is 0 Å². The Morgan fingerprint density at radius 3 is 2.13 bits per heavy atom. The highest BCUT2D eigenvalue weighted by atomic mass is 14.9. The lowest BCUT2D eigenvalue weighted by Gasteiger charge is -2.26. The second-order valence-corrected chi connectivity index (χ2v) is 4.61. The van der Waals surface area contributed by atoms with Gasteiger partial charge in [-0.2, -0.15) is 0 Å². The number of benzene rings is 1. The van der Waals surface area contributed by atoms with Crippen LogP contribution in [0.2, 0.25) is 0 Å². The first-order valence-electron chi connectivity index (χ1n) is 5.96. The van der Waals surface area contributed by atoms with Crippen molar-refractivity contribution in [3.05, 3.63) is 35.9 Å². The number of rotatable bonds is 5. The van der Waals surface area contributed by atoms with Crippen molar-refractivity contribution in [2.24, 2.45) is 5.92 Å². The number of nitrogens with one attached hydrogen (secondary N) is 1. The molecule has 0 heterocycles. The van der Waals surface area contributed by atoms with Crippen LogP contribution in [0.25, 0.3) is 0 Å². The third kappa shape index (κ3) is 3.67. The van der Waals surface area contributed by atoms with Crippen LogP contribution in [-0.2, 0) is 0 Å². The summed E-state index contributed by atoms with van der Waals surface area (Å²) >= 11 is 0. The molecule has 84 valence electrons. The fourth-order valence-corrected chi connectivity index (χ4v) is 1.76. The van der Waals surface area contributed by atoms with Crippen LogP contribution in [0.4, 0.5) is 0 Å². The van der Waals surface area contributed by atoms with Crippen molar-refractivity contribution < 1.29 is 0 Å². The molecule has 0 unspecified atom stereocenters. The molecule has 1 aromatic rings. The molecule has 0 aliphatic heterocycles. The Balaban J connectivity index is 2.75. The Morgan fingerprint density at radius 2 is 1.67 bits per heavy atom. The average molecular weight is 205 g/mol. The Hall–Kier alpha value is -0.820. The van der Waals surface area contributed by atoms with Gasteiger partial charge in [-0.1, -0.05) is 51.1 Å². The summed E-state index contributed by atoms with van der Waals surface area (Å²) in [5.74, 6) is 0.626.